The van der Waals surface area contributed by atoms with Gasteiger partial charge in [-0.25, -0.2) is 23.6 Å². The van der Waals surface area contributed by atoms with Gasteiger partial charge in [0.15, 0.2) is 17.3 Å². The standard InChI is InChI=1S/C33H21FO9/c1-5-26(35)40-23-15-10-20(11-16-23)9-12-22-19-25(42-28(37)7-3)30(31(34)33(22)43-29(38)8-4)32(39)21-13-17-24(18-14-21)41-27(36)6-2/h5-8,10-11,13-19H,1-4H2. The predicted octanol–water partition coefficient (Wildman–Crippen LogP) is 4.82. The lowest BCUT2D eigenvalue weighted by atomic mass is 9.98. The summed E-state index contributed by atoms with van der Waals surface area (Å²) in [6.45, 7) is 13.2. The summed E-state index contributed by atoms with van der Waals surface area (Å²) in [4.78, 5) is 60.5. The molecule has 0 saturated heterocycles. The molecule has 0 aliphatic carbocycles. The molecule has 0 fully saturated rings. The van der Waals surface area contributed by atoms with Gasteiger partial charge >= 0.3 is 23.9 Å². The van der Waals surface area contributed by atoms with Gasteiger partial charge in [0.1, 0.15) is 22.8 Å². The van der Waals surface area contributed by atoms with Crippen molar-refractivity contribution >= 4 is 29.7 Å². The molecule has 43 heavy (non-hydrogen) atoms. The molecule has 0 spiro atoms. The first-order valence-electron chi connectivity index (χ1n) is 12.1. The largest absolute Gasteiger partial charge is 0.423 e. The first-order valence-corrected chi connectivity index (χ1v) is 12.1. The second-order valence-corrected chi connectivity index (χ2v) is 8.07. The summed E-state index contributed by atoms with van der Waals surface area (Å²) in [5.41, 5.74) is -0.728. The molecule has 214 valence electrons. The van der Waals surface area contributed by atoms with E-state index in [0.717, 1.165) is 30.4 Å². The molecule has 0 aliphatic rings. The fourth-order valence-electron chi connectivity index (χ4n) is 3.27. The van der Waals surface area contributed by atoms with Crippen LogP contribution >= 0.6 is 0 Å². The highest BCUT2D eigenvalue weighted by Crippen LogP contribution is 2.35. The molecule has 0 amide bonds. The van der Waals surface area contributed by atoms with Crippen molar-refractivity contribution in [2.24, 2.45) is 0 Å². The van der Waals surface area contributed by atoms with Crippen LogP contribution in [0, 0.1) is 17.7 Å². The molecule has 3 rings (SSSR count). The zero-order chi connectivity index (χ0) is 31.5. The zero-order valence-corrected chi connectivity index (χ0v) is 22.4. The third-order valence-electron chi connectivity index (χ3n) is 5.24. The number of esters is 4. The van der Waals surface area contributed by atoms with Crippen molar-refractivity contribution in [2.75, 3.05) is 0 Å². The van der Waals surface area contributed by atoms with E-state index in [-0.39, 0.29) is 22.6 Å². The van der Waals surface area contributed by atoms with Crippen LogP contribution in [0.1, 0.15) is 27.0 Å². The van der Waals surface area contributed by atoms with Crippen LogP contribution in [-0.4, -0.2) is 29.7 Å². The van der Waals surface area contributed by atoms with Gasteiger partial charge in [0, 0.05) is 41.5 Å². The molecule has 0 unspecified atom stereocenters. The minimum atomic E-state index is -1.35. The molecule has 10 heteroatoms. The Morgan fingerprint density at radius 3 is 1.60 bits per heavy atom. The van der Waals surface area contributed by atoms with Crippen molar-refractivity contribution < 1.29 is 47.3 Å². The van der Waals surface area contributed by atoms with Crippen LogP contribution < -0.4 is 18.9 Å². The Morgan fingerprint density at radius 1 is 0.628 bits per heavy atom. The fourth-order valence-corrected chi connectivity index (χ4v) is 3.27. The average molecular weight is 581 g/mol. The summed E-state index contributed by atoms with van der Waals surface area (Å²) in [7, 11) is 0. The van der Waals surface area contributed by atoms with Crippen LogP contribution in [0.4, 0.5) is 4.39 Å². The number of ether oxygens (including phenoxy) is 4. The smallest absolute Gasteiger partial charge is 0.335 e. The lowest BCUT2D eigenvalue weighted by molar-refractivity contribution is -0.130. The quantitative estimate of drug-likeness (QED) is 0.109. The van der Waals surface area contributed by atoms with E-state index in [1.165, 1.54) is 48.5 Å². The Balaban J connectivity index is 2.14. The van der Waals surface area contributed by atoms with Crippen LogP contribution in [-0.2, 0) is 19.2 Å². The molecular formula is C33H21FO9. The normalized spacial score (nSPS) is 9.70. The van der Waals surface area contributed by atoms with Gasteiger partial charge in [0.25, 0.3) is 0 Å². The Bertz CT molecular complexity index is 1720. The van der Waals surface area contributed by atoms with Gasteiger partial charge in [-0.3, -0.25) is 4.79 Å². The Morgan fingerprint density at radius 2 is 1.09 bits per heavy atom. The minimum absolute atomic E-state index is 0.0818. The number of benzene rings is 3. The Hall–Kier alpha value is -6.34. The predicted molar refractivity (Wildman–Crippen MR) is 152 cm³/mol. The number of hydrogen-bond acceptors (Lipinski definition) is 9. The summed E-state index contributed by atoms with van der Waals surface area (Å²) in [6.07, 6.45) is 3.51. The van der Waals surface area contributed by atoms with E-state index in [1.807, 2.05) is 0 Å². The molecule has 0 aromatic heterocycles. The van der Waals surface area contributed by atoms with E-state index in [0.29, 0.717) is 5.56 Å². The maximum atomic E-state index is 16.1. The zero-order valence-electron chi connectivity index (χ0n) is 22.4. The molecule has 9 nitrogen and oxygen atoms in total. The van der Waals surface area contributed by atoms with Gasteiger partial charge in [0.05, 0.1) is 5.56 Å². The molecular weight excluding hydrogens is 559 g/mol. The topological polar surface area (TPSA) is 122 Å². The molecule has 0 heterocycles. The second kappa shape index (κ2) is 14.3. The maximum absolute atomic E-state index is 16.1. The summed E-state index contributed by atoms with van der Waals surface area (Å²) < 4.78 is 36.3. The summed E-state index contributed by atoms with van der Waals surface area (Å²) in [5.74, 6) is -1.40. The molecule has 3 aromatic carbocycles. The number of carbonyl (C=O) groups is 5. The van der Waals surface area contributed by atoms with Gasteiger partial charge in [0.2, 0.25) is 0 Å². The van der Waals surface area contributed by atoms with Crippen molar-refractivity contribution in [2.45, 2.75) is 0 Å². The van der Waals surface area contributed by atoms with Gasteiger partial charge < -0.3 is 18.9 Å². The highest BCUT2D eigenvalue weighted by Gasteiger charge is 2.28. The maximum Gasteiger partial charge on any atom is 0.335 e. The lowest BCUT2D eigenvalue weighted by Crippen LogP contribution is -2.15. The molecule has 0 bridgehead atoms. The monoisotopic (exact) mass is 580 g/mol. The molecule has 0 atom stereocenters. The van der Waals surface area contributed by atoms with Gasteiger partial charge in [-0.2, -0.15) is 0 Å². The van der Waals surface area contributed by atoms with Crippen LogP contribution in [0.2, 0.25) is 0 Å². The summed E-state index contributed by atoms with van der Waals surface area (Å²) in [6, 6.07) is 12.0. The van der Waals surface area contributed by atoms with E-state index >= 15 is 4.39 Å². The first kappa shape index (κ1) is 31.2. The minimum Gasteiger partial charge on any atom is -0.423 e. The molecule has 0 radical (unpaired) electrons. The second-order valence-electron chi connectivity index (χ2n) is 8.07. The van der Waals surface area contributed by atoms with E-state index in [2.05, 4.69) is 38.2 Å². The Kier molecular flexibility index (Phi) is 10.4. The fraction of sp³-hybridized carbons (Fsp3) is 0. The molecule has 0 saturated carbocycles. The van der Waals surface area contributed by atoms with Crippen LogP contribution in [0.25, 0.3) is 0 Å². The molecule has 0 aliphatic heterocycles. The van der Waals surface area contributed by atoms with Crippen LogP contribution in [0.3, 0.4) is 0 Å². The third-order valence-corrected chi connectivity index (χ3v) is 5.24. The van der Waals surface area contributed by atoms with Crippen molar-refractivity contribution in [1.82, 2.24) is 0 Å². The third kappa shape index (κ3) is 8.09. The van der Waals surface area contributed by atoms with E-state index < -0.39 is 52.5 Å². The SMILES string of the molecule is C=CC(=O)Oc1ccc(C#Cc2cc(OC(=O)C=C)c(C(=O)c3ccc(OC(=O)C=C)cc3)c(F)c2OC(=O)C=C)cc1. The van der Waals surface area contributed by atoms with E-state index in [9.17, 15) is 24.0 Å². The highest BCUT2D eigenvalue weighted by atomic mass is 19.1. The number of hydrogen-bond donors (Lipinski definition) is 0. The van der Waals surface area contributed by atoms with Crippen molar-refractivity contribution in [3.05, 3.63) is 133 Å². The van der Waals surface area contributed by atoms with Crippen LogP contribution in [0.15, 0.2) is 105 Å². The number of halogens is 1. The van der Waals surface area contributed by atoms with Gasteiger partial charge in [-0.1, -0.05) is 38.2 Å². The van der Waals surface area contributed by atoms with Crippen molar-refractivity contribution in [3.8, 4) is 34.8 Å². The Labute approximate surface area is 245 Å². The van der Waals surface area contributed by atoms with Gasteiger partial charge in [-0.05, 0) is 48.5 Å². The molecule has 3 aromatic rings. The number of carbonyl (C=O) groups excluding carboxylic acids is 5. The van der Waals surface area contributed by atoms with E-state index in [1.54, 1.807) is 0 Å². The number of ketones is 1. The summed E-state index contributed by atoms with van der Waals surface area (Å²) >= 11 is 0. The summed E-state index contributed by atoms with van der Waals surface area (Å²) in [5, 5.41) is 0. The lowest BCUT2D eigenvalue weighted by Gasteiger charge is -2.14. The first-order chi connectivity index (χ1) is 20.6. The van der Waals surface area contributed by atoms with Crippen molar-refractivity contribution in [1.29, 1.82) is 0 Å². The van der Waals surface area contributed by atoms with Gasteiger partial charge in [-0.15, -0.1) is 0 Å². The van der Waals surface area contributed by atoms with Crippen LogP contribution in [0.5, 0.6) is 23.0 Å². The van der Waals surface area contributed by atoms with Crippen molar-refractivity contribution in [3.63, 3.8) is 0 Å². The number of rotatable bonds is 10. The molecule has 0 N–H and O–H groups in total. The highest BCUT2D eigenvalue weighted by molar-refractivity contribution is 6.12. The van der Waals surface area contributed by atoms with E-state index in [4.69, 9.17) is 18.9 Å². The average Bonchev–Trinajstić information content (AvgIpc) is 3.01.